The SMILES string of the molecule is CN(C)/C=C(\C=O)CCc1ccccc1. The molecule has 0 saturated heterocycles. The topological polar surface area (TPSA) is 20.3 Å². The summed E-state index contributed by atoms with van der Waals surface area (Å²) >= 11 is 0. The smallest absolute Gasteiger partial charge is 0.147 e. The average molecular weight is 203 g/mol. The van der Waals surface area contributed by atoms with Crippen LogP contribution < -0.4 is 0 Å². The molecule has 0 saturated carbocycles. The molecule has 0 N–H and O–H groups in total. The summed E-state index contributed by atoms with van der Waals surface area (Å²) in [4.78, 5) is 12.7. The molecule has 0 unspecified atom stereocenters. The predicted octanol–water partition coefficient (Wildman–Crippen LogP) is 2.26. The number of aryl methyl sites for hydroxylation is 1. The first kappa shape index (κ1) is 11.5. The van der Waals surface area contributed by atoms with Crippen molar-refractivity contribution in [2.24, 2.45) is 0 Å². The minimum absolute atomic E-state index is 0.797. The van der Waals surface area contributed by atoms with Crippen molar-refractivity contribution in [3.8, 4) is 0 Å². The second-order valence-corrected chi connectivity index (χ2v) is 3.77. The average Bonchev–Trinajstić information content (AvgIpc) is 2.25. The van der Waals surface area contributed by atoms with Crippen molar-refractivity contribution in [1.29, 1.82) is 0 Å². The van der Waals surface area contributed by atoms with Crippen LogP contribution in [0.15, 0.2) is 42.1 Å². The van der Waals surface area contributed by atoms with Crippen LogP contribution in [0.3, 0.4) is 0 Å². The number of hydrogen-bond donors (Lipinski definition) is 0. The van der Waals surface area contributed by atoms with E-state index >= 15 is 0 Å². The van der Waals surface area contributed by atoms with Gasteiger partial charge in [-0.25, -0.2) is 0 Å². The number of rotatable bonds is 5. The van der Waals surface area contributed by atoms with Crippen LogP contribution in [-0.4, -0.2) is 25.3 Å². The fourth-order valence-electron chi connectivity index (χ4n) is 1.42. The van der Waals surface area contributed by atoms with Crippen LogP contribution in [0, 0.1) is 0 Å². The van der Waals surface area contributed by atoms with Gasteiger partial charge >= 0.3 is 0 Å². The monoisotopic (exact) mass is 203 g/mol. The molecule has 0 aromatic heterocycles. The van der Waals surface area contributed by atoms with Gasteiger partial charge in [0.2, 0.25) is 0 Å². The zero-order chi connectivity index (χ0) is 11.1. The molecule has 0 aliphatic heterocycles. The minimum Gasteiger partial charge on any atom is -0.383 e. The van der Waals surface area contributed by atoms with Crippen LogP contribution in [0.5, 0.6) is 0 Å². The van der Waals surface area contributed by atoms with E-state index in [9.17, 15) is 4.79 Å². The van der Waals surface area contributed by atoms with Gasteiger partial charge in [-0.05, 0) is 18.4 Å². The van der Waals surface area contributed by atoms with E-state index in [2.05, 4.69) is 12.1 Å². The highest BCUT2D eigenvalue weighted by molar-refractivity contribution is 5.72. The molecule has 2 nitrogen and oxygen atoms in total. The molecule has 0 aliphatic carbocycles. The largest absolute Gasteiger partial charge is 0.383 e. The molecule has 15 heavy (non-hydrogen) atoms. The van der Waals surface area contributed by atoms with Gasteiger partial charge in [0.25, 0.3) is 0 Å². The highest BCUT2D eigenvalue weighted by Crippen LogP contribution is 2.07. The summed E-state index contributed by atoms with van der Waals surface area (Å²) in [5.74, 6) is 0. The number of allylic oxidation sites excluding steroid dienone is 1. The molecular formula is C13H17NO. The van der Waals surface area contributed by atoms with Gasteiger partial charge < -0.3 is 4.90 Å². The number of carbonyl (C=O) groups is 1. The van der Waals surface area contributed by atoms with E-state index in [0.29, 0.717) is 0 Å². The molecule has 0 atom stereocenters. The third kappa shape index (κ3) is 4.45. The third-order valence-electron chi connectivity index (χ3n) is 2.12. The van der Waals surface area contributed by atoms with Gasteiger partial charge in [-0.15, -0.1) is 0 Å². The predicted molar refractivity (Wildman–Crippen MR) is 62.6 cm³/mol. The summed E-state index contributed by atoms with van der Waals surface area (Å²) in [5.41, 5.74) is 2.10. The van der Waals surface area contributed by atoms with Gasteiger partial charge in [0, 0.05) is 25.9 Å². The maximum atomic E-state index is 10.8. The molecule has 80 valence electrons. The normalized spacial score (nSPS) is 11.2. The highest BCUT2D eigenvalue weighted by Gasteiger charge is 1.97. The molecule has 1 aromatic carbocycles. The Labute approximate surface area is 91.2 Å². The fraction of sp³-hybridized carbons (Fsp3) is 0.308. The van der Waals surface area contributed by atoms with Gasteiger partial charge in [0.05, 0.1) is 0 Å². The Morgan fingerprint density at radius 3 is 2.47 bits per heavy atom. The number of nitrogens with zero attached hydrogens (tertiary/aromatic N) is 1. The maximum absolute atomic E-state index is 10.8. The van der Waals surface area contributed by atoms with E-state index in [1.807, 2.05) is 43.4 Å². The second kappa shape index (κ2) is 6.02. The van der Waals surface area contributed by atoms with Crippen molar-refractivity contribution >= 4 is 6.29 Å². The van der Waals surface area contributed by atoms with E-state index < -0.39 is 0 Å². The molecule has 2 heteroatoms. The Bertz CT molecular complexity index is 328. The van der Waals surface area contributed by atoms with Gasteiger partial charge in [0.15, 0.2) is 0 Å². The van der Waals surface area contributed by atoms with Crippen molar-refractivity contribution in [3.63, 3.8) is 0 Å². The van der Waals surface area contributed by atoms with Crippen LogP contribution in [-0.2, 0) is 11.2 Å². The lowest BCUT2D eigenvalue weighted by molar-refractivity contribution is -0.105. The highest BCUT2D eigenvalue weighted by atomic mass is 16.1. The lowest BCUT2D eigenvalue weighted by atomic mass is 10.1. The van der Waals surface area contributed by atoms with Crippen molar-refractivity contribution < 1.29 is 4.79 Å². The van der Waals surface area contributed by atoms with Crippen LogP contribution in [0.1, 0.15) is 12.0 Å². The zero-order valence-electron chi connectivity index (χ0n) is 9.31. The molecule has 0 heterocycles. The lowest BCUT2D eigenvalue weighted by Gasteiger charge is -2.07. The Morgan fingerprint density at radius 1 is 1.27 bits per heavy atom. The Hall–Kier alpha value is -1.57. The van der Waals surface area contributed by atoms with Gasteiger partial charge in [0.1, 0.15) is 6.29 Å². The number of hydrogen-bond acceptors (Lipinski definition) is 2. The molecular weight excluding hydrogens is 186 g/mol. The molecule has 0 fully saturated rings. The van der Waals surface area contributed by atoms with E-state index in [1.165, 1.54) is 5.56 Å². The fourth-order valence-corrected chi connectivity index (χ4v) is 1.42. The zero-order valence-corrected chi connectivity index (χ0v) is 9.31. The molecule has 1 rings (SSSR count). The van der Waals surface area contributed by atoms with Crippen molar-refractivity contribution in [3.05, 3.63) is 47.7 Å². The van der Waals surface area contributed by atoms with Crippen LogP contribution in [0.25, 0.3) is 0 Å². The van der Waals surface area contributed by atoms with Gasteiger partial charge in [-0.3, -0.25) is 4.79 Å². The Kier molecular flexibility index (Phi) is 4.61. The first-order chi connectivity index (χ1) is 7.22. The molecule has 0 aliphatic rings. The van der Waals surface area contributed by atoms with Gasteiger partial charge in [-0.1, -0.05) is 30.3 Å². The van der Waals surface area contributed by atoms with E-state index in [1.54, 1.807) is 0 Å². The molecule has 1 aromatic rings. The summed E-state index contributed by atoms with van der Waals surface area (Å²) in [6.07, 6.45) is 4.52. The standard InChI is InChI=1S/C13H17NO/c1-14(2)10-13(11-15)9-8-12-6-4-3-5-7-12/h3-7,10-11H,8-9H2,1-2H3/b13-10-. The number of aldehydes is 1. The number of benzene rings is 1. The first-order valence-electron chi connectivity index (χ1n) is 5.08. The first-order valence-corrected chi connectivity index (χ1v) is 5.08. The van der Waals surface area contributed by atoms with E-state index in [-0.39, 0.29) is 0 Å². The van der Waals surface area contributed by atoms with Crippen molar-refractivity contribution in [1.82, 2.24) is 4.90 Å². The Morgan fingerprint density at radius 2 is 1.93 bits per heavy atom. The summed E-state index contributed by atoms with van der Waals surface area (Å²) in [6.45, 7) is 0. The molecule has 0 radical (unpaired) electrons. The lowest BCUT2D eigenvalue weighted by Crippen LogP contribution is -2.04. The van der Waals surface area contributed by atoms with E-state index in [0.717, 1.165) is 24.7 Å². The third-order valence-corrected chi connectivity index (χ3v) is 2.12. The Balaban J connectivity index is 2.52. The summed E-state index contributed by atoms with van der Waals surface area (Å²) in [6, 6.07) is 10.2. The molecule has 0 amide bonds. The van der Waals surface area contributed by atoms with E-state index in [4.69, 9.17) is 0 Å². The maximum Gasteiger partial charge on any atom is 0.147 e. The van der Waals surface area contributed by atoms with Crippen molar-refractivity contribution in [2.75, 3.05) is 14.1 Å². The van der Waals surface area contributed by atoms with Gasteiger partial charge in [-0.2, -0.15) is 0 Å². The molecule has 0 bridgehead atoms. The second-order valence-electron chi connectivity index (χ2n) is 3.77. The van der Waals surface area contributed by atoms with Crippen molar-refractivity contribution in [2.45, 2.75) is 12.8 Å². The summed E-state index contributed by atoms with van der Waals surface area (Å²) < 4.78 is 0. The number of carbonyl (C=O) groups excluding carboxylic acids is 1. The van der Waals surface area contributed by atoms with Crippen LogP contribution >= 0.6 is 0 Å². The summed E-state index contributed by atoms with van der Waals surface area (Å²) in [5, 5.41) is 0. The quantitative estimate of drug-likeness (QED) is 0.540. The van der Waals surface area contributed by atoms with Crippen LogP contribution in [0.4, 0.5) is 0 Å². The molecule has 0 spiro atoms. The minimum atomic E-state index is 0.797. The summed E-state index contributed by atoms with van der Waals surface area (Å²) in [7, 11) is 3.85. The van der Waals surface area contributed by atoms with Crippen LogP contribution in [0.2, 0.25) is 0 Å².